The van der Waals surface area contributed by atoms with E-state index >= 15 is 0 Å². The van der Waals surface area contributed by atoms with Crippen molar-refractivity contribution < 1.29 is 49.0 Å². The largest absolute Gasteiger partial charge is 0.462 e. The molecular formula is C38H70O10. The number of rotatable bonds is 31. The van der Waals surface area contributed by atoms with Gasteiger partial charge in [0.25, 0.3) is 0 Å². The smallest absolute Gasteiger partial charge is 0.306 e. The Morgan fingerprint density at radius 1 is 0.646 bits per heavy atom. The van der Waals surface area contributed by atoms with Crippen LogP contribution in [0.5, 0.6) is 0 Å². The molecule has 0 saturated carbocycles. The lowest BCUT2D eigenvalue weighted by molar-refractivity contribution is -0.305. The molecule has 0 radical (unpaired) electrons. The van der Waals surface area contributed by atoms with Crippen LogP contribution in [-0.2, 0) is 28.5 Å². The predicted octanol–water partition coefficient (Wildman–Crippen LogP) is 6.83. The van der Waals surface area contributed by atoms with Crippen LogP contribution in [0.15, 0.2) is 12.2 Å². The average Bonchev–Trinajstić information content (AvgIpc) is 3.09. The normalized spacial score (nSPS) is 21.8. The first-order chi connectivity index (χ1) is 23.3. The molecule has 282 valence electrons. The molecular weight excluding hydrogens is 616 g/mol. The van der Waals surface area contributed by atoms with Gasteiger partial charge in [0.15, 0.2) is 12.4 Å². The third kappa shape index (κ3) is 22.2. The molecule has 6 unspecified atom stereocenters. The van der Waals surface area contributed by atoms with Crippen LogP contribution in [0.3, 0.4) is 0 Å². The molecule has 6 atom stereocenters. The van der Waals surface area contributed by atoms with E-state index in [-0.39, 0.29) is 26.1 Å². The van der Waals surface area contributed by atoms with Gasteiger partial charge in [-0.05, 0) is 32.1 Å². The van der Waals surface area contributed by atoms with Gasteiger partial charge in [0.1, 0.15) is 31.0 Å². The highest BCUT2D eigenvalue weighted by molar-refractivity contribution is 5.70. The number of ether oxygens (including phenoxy) is 4. The number of unbranched alkanes of at least 4 members (excludes halogenated alkanes) is 19. The third-order valence-electron chi connectivity index (χ3n) is 8.95. The second kappa shape index (κ2) is 30.3. The Hall–Kier alpha value is -1.56. The summed E-state index contributed by atoms with van der Waals surface area (Å²) in [4.78, 5) is 24.1. The van der Waals surface area contributed by atoms with E-state index in [2.05, 4.69) is 19.1 Å². The first kappa shape index (κ1) is 44.5. The Labute approximate surface area is 291 Å². The van der Waals surface area contributed by atoms with Gasteiger partial charge in [0.2, 0.25) is 0 Å². The summed E-state index contributed by atoms with van der Waals surface area (Å²) < 4.78 is 21.4. The summed E-state index contributed by atoms with van der Waals surface area (Å²) in [6, 6.07) is 0. The quantitative estimate of drug-likeness (QED) is 0.0347. The monoisotopic (exact) mass is 686 g/mol. The van der Waals surface area contributed by atoms with Crippen molar-refractivity contribution >= 4 is 11.9 Å². The molecule has 4 N–H and O–H groups in total. The summed E-state index contributed by atoms with van der Waals surface area (Å²) in [7, 11) is 0. The summed E-state index contributed by atoms with van der Waals surface area (Å²) in [5.74, 6) is -0.903. The number of esters is 2. The van der Waals surface area contributed by atoms with Crippen LogP contribution >= 0.6 is 0 Å². The number of hydrogen-bond donors (Lipinski definition) is 4. The summed E-state index contributed by atoms with van der Waals surface area (Å²) in [5.41, 5.74) is 0. The molecule has 0 aromatic rings. The summed E-state index contributed by atoms with van der Waals surface area (Å²) in [6.45, 7) is 2.82. The minimum absolute atomic E-state index is 0.158. The highest BCUT2D eigenvalue weighted by atomic mass is 16.7. The highest BCUT2D eigenvalue weighted by Crippen LogP contribution is 2.22. The Morgan fingerprint density at radius 2 is 1.15 bits per heavy atom. The van der Waals surface area contributed by atoms with Gasteiger partial charge in [0, 0.05) is 12.8 Å². The van der Waals surface area contributed by atoms with Crippen molar-refractivity contribution in [1.29, 1.82) is 0 Å². The molecule has 1 aliphatic heterocycles. The van der Waals surface area contributed by atoms with Crippen LogP contribution in [0.1, 0.15) is 162 Å². The van der Waals surface area contributed by atoms with Gasteiger partial charge < -0.3 is 39.4 Å². The van der Waals surface area contributed by atoms with Crippen LogP contribution in [0, 0.1) is 0 Å². The molecule has 0 bridgehead atoms. The zero-order chi connectivity index (χ0) is 35.2. The first-order valence-electron chi connectivity index (χ1n) is 19.3. The summed E-state index contributed by atoms with van der Waals surface area (Å²) in [5, 5.41) is 39.4. The van der Waals surface area contributed by atoms with Gasteiger partial charge in [-0.25, -0.2) is 0 Å². The standard InChI is InChI=1S/C38H70O10/c1-3-5-6-7-8-9-10-11-12-13-14-15-16-17-18-19-20-21-22-23-24-25-26-27-34(41)47-31(29-45-33(40)4-2)30-46-38-37(44)36(43)35(42)32(28-39)48-38/h13-14,31-32,35-39,42-44H,3-12,15-30H2,1-2H3/b14-13-. The Kier molecular flexibility index (Phi) is 28.0. The number of aliphatic hydroxyl groups excluding tert-OH is 4. The van der Waals surface area contributed by atoms with E-state index < -0.39 is 55.4 Å². The van der Waals surface area contributed by atoms with Crippen LogP contribution < -0.4 is 0 Å². The number of carbonyl (C=O) groups is 2. The molecule has 10 nitrogen and oxygen atoms in total. The van der Waals surface area contributed by atoms with Gasteiger partial charge in [-0.2, -0.15) is 0 Å². The van der Waals surface area contributed by atoms with Crippen molar-refractivity contribution in [3.05, 3.63) is 12.2 Å². The molecule has 0 spiro atoms. The fraction of sp³-hybridized carbons (Fsp3) is 0.895. The average molecular weight is 687 g/mol. The second-order valence-corrected chi connectivity index (χ2v) is 13.3. The van der Waals surface area contributed by atoms with Crippen molar-refractivity contribution in [3.8, 4) is 0 Å². The molecule has 0 amide bonds. The van der Waals surface area contributed by atoms with E-state index in [4.69, 9.17) is 18.9 Å². The van der Waals surface area contributed by atoms with Crippen molar-refractivity contribution in [2.45, 2.75) is 198 Å². The van der Waals surface area contributed by atoms with Gasteiger partial charge >= 0.3 is 11.9 Å². The molecule has 1 fully saturated rings. The van der Waals surface area contributed by atoms with Crippen LogP contribution in [0.2, 0.25) is 0 Å². The number of carbonyl (C=O) groups excluding carboxylic acids is 2. The van der Waals surface area contributed by atoms with Gasteiger partial charge in [-0.1, -0.05) is 129 Å². The zero-order valence-electron chi connectivity index (χ0n) is 30.2. The molecule has 1 heterocycles. The Balaban J connectivity index is 2.06. The van der Waals surface area contributed by atoms with Crippen LogP contribution in [-0.4, -0.2) is 89.0 Å². The second-order valence-electron chi connectivity index (χ2n) is 13.3. The number of aliphatic hydroxyl groups is 4. The minimum atomic E-state index is -1.59. The van der Waals surface area contributed by atoms with Crippen molar-refractivity contribution in [3.63, 3.8) is 0 Å². The van der Waals surface area contributed by atoms with Crippen LogP contribution in [0.4, 0.5) is 0 Å². The fourth-order valence-corrected chi connectivity index (χ4v) is 5.81. The SMILES string of the molecule is CCCCCCCCCC/C=C\CCCCCCCCCCCCCC(=O)OC(COC(=O)CC)COC1OC(CO)C(O)C(O)C1O. The summed E-state index contributed by atoms with van der Waals surface area (Å²) >= 11 is 0. The van der Waals surface area contributed by atoms with Crippen LogP contribution in [0.25, 0.3) is 0 Å². The Morgan fingerprint density at radius 3 is 1.65 bits per heavy atom. The lowest BCUT2D eigenvalue weighted by Gasteiger charge is -2.39. The maximum absolute atomic E-state index is 12.5. The van der Waals surface area contributed by atoms with Gasteiger partial charge in [-0.3, -0.25) is 9.59 Å². The number of hydrogen-bond acceptors (Lipinski definition) is 10. The number of allylic oxidation sites excluding steroid dienone is 2. The lowest BCUT2D eigenvalue weighted by atomic mass is 9.99. The van der Waals surface area contributed by atoms with E-state index in [1.54, 1.807) is 6.92 Å². The van der Waals surface area contributed by atoms with Crippen molar-refractivity contribution in [2.24, 2.45) is 0 Å². The van der Waals surface area contributed by atoms with E-state index in [0.29, 0.717) is 6.42 Å². The summed E-state index contributed by atoms with van der Waals surface area (Å²) in [6.07, 6.45) is 23.4. The van der Waals surface area contributed by atoms with E-state index in [1.807, 2.05) is 0 Å². The lowest BCUT2D eigenvalue weighted by Crippen LogP contribution is -2.59. The Bertz CT molecular complexity index is 804. The molecule has 48 heavy (non-hydrogen) atoms. The molecule has 1 saturated heterocycles. The van der Waals surface area contributed by atoms with Gasteiger partial charge in [-0.15, -0.1) is 0 Å². The third-order valence-corrected chi connectivity index (χ3v) is 8.95. The highest BCUT2D eigenvalue weighted by Gasteiger charge is 2.44. The molecule has 0 aromatic carbocycles. The molecule has 0 aromatic heterocycles. The molecule has 1 aliphatic rings. The van der Waals surface area contributed by atoms with Crippen molar-refractivity contribution in [2.75, 3.05) is 19.8 Å². The van der Waals surface area contributed by atoms with E-state index in [1.165, 1.54) is 109 Å². The maximum atomic E-state index is 12.5. The fourth-order valence-electron chi connectivity index (χ4n) is 5.81. The van der Waals surface area contributed by atoms with E-state index in [9.17, 15) is 30.0 Å². The van der Waals surface area contributed by atoms with Crippen molar-refractivity contribution in [1.82, 2.24) is 0 Å². The maximum Gasteiger partial charge on any atom is 0.306 e. The predicted molar refractivity (Wildman–Crippen MR) is 187 cm³/mol. The van der Waals surface area contributed by atoms with Gasteiger partial charge in [0.05, 0.1) is 13.2 Å². The molecule has 10 heteroatoms. The topological polar surface area (TPSA) is 152 Å². The van der Waals surface area contributed by atoms with E-state index in [0.717, 1.165) is 19.3 Å². The first-order valence-corrected chi connectivity index (χ1v) is 19.3. The minimum Gasteiger partial charge on any atom is -0.462 e. The zero-order valence-corrected chi connectivity index (χ0v) is 30.2. The molecule has 0 aliphatic carbocycles. The molecule has 1 rings (SSSR count).